The van der Waals surface area contributed by atoms with Gasteiger partial charge in [-0.1, -0.05) is 0 Å². The van der Waals surface area contributed by atoms with Gasteiger partial charge in [0.25, 0.3) is 0 Å². The summed E-state index contributed by atoms with van der Waals surface area (Å²) in [6, 6.07) is 83.5. The third-order valence-corrected chi connectivity index (χ3v) is 21.9. The molecule has 0 saturated heterocycles. The first-order chi connectivity index (χ1) is 31.1. The second kappa shape index (κ2) is 17.2. The third kappa shape index (κ3) is 7.73. The summed E-state index contributed by atoms with van der Waals surface area (Å²) in [5, 5.41) is 0. The van der Waals surface area contributed by atoms with Gasteiger partial charge in [-0.3, -0.25) is 0 Å². The number of rotatable bonds is 8. The van der Waals surface area contributed by atoms with Crippen LogP contribution in [0.15, 0.2) is 222 Å². The van der Waals surface area contributed by atoms with Gasteiger partial charge in [0, 0.05) is 0 Å². The first kappa shape index (κ1) is 42.0. The topological polar surface area (TPSA) is 0 Å². The molecular weight excluding hydrogens is 848 g/mol. The molecule has 0 amide bonds. The van der Waals surface area contributed by atoms with Crippen LogP contribution < -0.4 is 0 Å². The fourth-order valence-corrected chi connectivity index (χ4v) is 20.4. The Hall–Kier alpha value is -6.01. The molecule has 0 spiro atoms. The molecule has 0 saturated carbocycles. The van der Waals surface area contributed by atoms with Crippen molar-refractivity contribution in [2.45, 2.75) is 61.9 Å². The van der Waals surface area contributed by atoms with Gasteiger partial charge in [0.05, 0.1) is 0 Å². The van der Waals surface area contributed by atoms with Crippen molar-refractivity contribution < 1.29 is 21.3 Å². The molecular formula is C63H56Zr. The van der Waals surface area contributed by atoms with E-state index in [0.717, 1.165) is 0 Å². The van der Waals surface area contributed by atoms with E-state index in [1.54, 1.807) is 6.49 Å². The van der Waals surface area contributed by atoms with Crippen LogP contribution in [0, 0.1) is 0 Å². The molecule has 8 aromatic rings. The molecule has 2 aliphatic rings. The maximum absolute atomic E-state index is 3.57. The predicted molar refractivity (Wildman–Crippen MR) is 269 cm³/mol. The zero-order valence-corrected chi connectivity index (χ0v) is 40.4. The Kier molecular flexibility index (Phi) is 11.3. The van der Waals surface area contributed by atoms with Crippen molar-refractivity contribution >= 4 is 19.9 Å². The van der Waals surface area contributed by atoms with Gasteiger partial charge in [-0.05, 0) is 0 Å². The molecule has 0 heterocycles. The van der Waals surface area contributed by atoms with Crippen molar-refractivity contribution in [1.29, 1.82) is 0 Å². The van der Waals surface area contributed by atoms with Crippen molar-refractivity contribution in [2.24, 2.45) is 0 Å². The van der Waals surface area contributed by atoms with Crippen LogP contribution >= 0.6 is 0 Å². The number of fused-ring (bicyclic) bond motifs is 3. The quantitative estimate of drug-likeness (QED) is 0.143. The van der Waals surface area contributed by atoms with Crippen LogP contribution in [-0.2, 0) is 32.1 Å². The first-order valence-electron chi connectivity index (χ1n) is 22.9. The molecule has 64 heavy (non-hydrogen) atoms. The Morgan fingerprint density at radius 2 is 0.766 bits per heavy atom. The number of hydrogen-bond acceptors (Lipinski definition) is 0. The van der Waals surface area contributed by atoms with Crippen LogP contribution in [0.2, 0.25) is 0 Å². The van der Waals surface area contributed by atoms with E-state index in [1.165, 1.54) is 83.5 Å². The van der Waals surface area contributed by atoms with Gasteiger partial charge >= 0.3 is 392 Å². The Morgan fingerprint density at radius 1 is 0.391 bits per heavy atom. The molecule has 0 radical (unpaired) electrons. The van der Waals surface area contributed by atoms with Crippen LogP contribution in [0.5, 0.6) is 0 Å². The van der Waals surface area contributed by atoms with E-state index in [1.807, 2.05) is 0 Å². The van der Waals surface area contributed by atoms with E-state index in [-0.39, 0.29) is 20.4 Å². The summed E-state index contributed by atoms with van der Waals surface area (Å²) in [5.74, 6) is 0.00920. The fourth-order valence-electron chi connectivity index (χ4n) is 10.3. The second-order valence-electron chi connectivity index (χ2n) is 19.6. The summed E-state index contributed by atoms with van der Waals surface area (Å²) in [6.07, 6.45) is 0. The standard InChI is InChI=1S/C29H21.C21H25.C13H10.Zr/c1-5-13-22(14-6-1)26-21-27(23-15-7-2-8-16-23)29(25-19-11-4-12-20-25)28(26)24-17-9-3-10-18-24;1-20(2,3)16-7-9-18-14(12-16)11-15-13-17(21(4,5)6)8-10-19(15)18;1-3-7-12(8-4-1)11-13-9-5-2-6-10-13;/h1-20,26H;7-13H,1-6H3;1-10H;. The average Bonchev–Trinajstić information content (AvgIpc) is 3.85. The predicted octanol–water partition coefficient (Wildman–Crippen LogP) is 16.1. The monoisotopic (exact) mass is 902 g/mol. The van der Waals surface area contributed by atoms with E-state index in [0.29, 0.717) is 0 Å². The summed E-state index contributed by atoms with van der Waals surface area (Å²) in [6.45, 7) is 14.2. The summed E-state index contributed by atoms with van der Waals surface area (Å²) in [5.41, 5.74) is 20.5. The van der Waals surface area contributed by atoms with Crippen molar-refractivity contribution in [3.05, 3.63) is 277 Å². The van der Waals surface area contributed by atoms with Crippen LogP contribution in [0.4, 0.5) is 0 Å². The molecule has 1 heteroatoms. The summed E-state index contributed by atoms with van der Waals surface area (Å²) < 4.78 is 3.35. The van der Waals surface area contributed by atoms with E-state index >= 15 is 0 Å². The van der Waals surface area contributed by atoms with Crippen LogP contribution in [0.25, 0.3) is 27.8 Å². The second-order valence-corrected chi connectivity index (χ2v) is 25.6. The van der Waals surface area contributed by atoms with Crippen molar-refractivity contribution in [1.82, 2.24) is 0 Å². The molecule has 10 rings (SSSR count). The molecule has 0 bridgehead atoms. The zero-order valence-electron chi connectivity index (χ0n) is 37.9. The molecule has 1 atom stereocenters. The molecule has 0 nitrogen and oxygen atoms in total. The van der Waals surface area contributed by atoms with Gasteiger partial charge in [-0.15, -0.1) is 0 Å². The Bertz CT molecular complexity index is 2950. The number of allylic oxidation sites excluding steroid dienone is 4. The summed E-state index contributed by atoms with van der Waals surface area (Å²) in [7, 11) is 0. The zero-order chi connectivity index (χ0) is 44.0. The molecule has 1 unspecified atom stereocenters. The van der Waals surface area contributed by atoms with Gasteiger partial charge in [0.2, 0.25) is 0 Å². The van der Waals surface area contributed by atoms with E-state index in [2.05, 4.69) is 260 Å². The first-order valence-corrected chi connectivity index (χ1v) is 26.8. The number of hydrogen-bond donors (Lipinski definition) is 0. The Labute approximate surface area is 388 Å². The van der Waals surface area contributed by atoms with E-state index < -0.39 is 21.3 Å². The molecule has 0 aromatic heterocycles. The Balaban J connectivity index is 1.47. The SMILES string of the molecule is CC(C)(C)c1ccc2c(c1)[CH]([Zr]([C]1=C(c3ccccc3)C(c3ccccc3)=C(c3ccccc3)C1c1ccccc1)=[C](c1ccccc1)c1ccccc1)c1cc(C(C)(C)C)ccc1-2. The van der Waals surface area contributed by atoms with E-state index in [4.69, 9.17) is 0 Å². The molecule has 0 fully saturated rings. The van der Waals surface area contributed by atoms with Crippen LogP contribution in [0.3, 0.4) is 0 Å². The molecule has 0 aliphatic heterocycles. The normalized spacial score (nSPS) is 15.0. The molecule has 0 N–H and O–H groups in total. The molecule has 8 aromatic carbocycles. The van der Waals surface area contributed by atoms with Crippen molar-refractivity contribution in [3.8, 4) is 11.1 Å². The minimum absolute atomic E-state index is 0.00920. The third-order valence-electron chi connectivity index (χ3n) is 13.4. The van der Waals surface area contributed by atoms with Gasteiger partial charge < -0.3 is 0 Å². The van der Waals surface area contributed by atoms with Gasteiger partial charge in [-0.2, -0.15) is 0 Å². The molecule has 2 aliphatic carbocycles. The summed E-state index contributed by atoms with van der Waals surface area (Å²) >= 11 is -3.57. The van der Waals surface area contributed by atoms with Crippen LogP contribution in [0.1, 0.15) is 107 Å². The maximum atomic E-state index is 2.63. The van der Waals surface area contributed by atoms with E-state index in [9.17, 15) is 0 Å². The van der Waals surface area contributed by atoms with Crippen LogP contribution in [-0.4, -0.2) is 3.21 Å². The minimum atomic E-state index is -3.57. The summed E-state index contributed by atoms with van der Waals surface area (Å²) in [4.78, 5) is 0. The Morgan fingerprint density at radius 3 is 1.19 bits per heavy atom. The van der Waals surface area contributed by atoms with Gasteiger partial charge in [-0.25, -0.2) is 0 Å². The van der Waals surface area contributed by atoms with Gasteiger partial charge in [0.1, 0.15) is 0 Å². The van der Waals surface area contributed by atoms with Crippen molar-refractivity contribution in [2.75, 3.05) is 0 Å². The van der Waals surface area contributed by atoms with Crippen molar-refractivity contribution in [3.63, 3.8) is 0 Å². The number of benzene rings is 8. The average molecular weight is 904 g/mol. The molecule has 312 valence electrons. The van der Waals surface area contributed by atoms with Gasteiger partial charge in [0.15, 0.2) is 0 Å². The fraction of sp³-hybridized carbons (Fsp3) is 0.159.